The molecule has 24 heavy (non-hydrogen) atoms. The number of carbonyl (C=O) groups excluding carboxylic acids is 2. The summed E-state index contributed by atoms with van der Waals surface area (Å²) >= 11 is 0. The molecule has 2 aromatic rings. The number of hydrogen-bond acceptors (Lipinski definition) is 3. The summed E-state index contributed by atoms with van der Waals surface area (Å²) in [5.74, 6) is -0.716. The van der Waals surface area contributed by atoms with Crippen LogP contribution in [0.4, 0.5) is 0 Å². The molecular formula is C19H24N2O3. The van der Waals surface area contributed by atoms with Gasteiger partial charge in [-0.3, -0.25) is 4.79 Å². The fourth-order valence-corrected chi connectivity index (χ4v) is 3.21. The molecule has 1 aliphatic rings. The SMILES string of the molecule is CCCNC(=O)[C@@H](C)OC(=O)c1ccc2[nH]c3c(c2c1)CCCC3. The molecule has 0 spiro atoms. The fourth-order valence-electron chi connectivity index (χ4n) is 3.21. The van der Waals surface area contributed by atoms with Crippen molar-refractivity contribution in [3.8, 4) is 0 Å². The molecule has 5 heteroatoms. The molecule has 5 nitrogen and oxygen atoms in total. The topological polar surface area (TPSA) is 71.2 Å². The molecule has 1 atom stereocenters. The molecule has 128 valence electrons. The average molecular weight is 328 g/mol. The van der Waals surface area contributed by atoms with E-state index in [1.807, 2.05) is 19.1 Å². The Morgan fingerprint density at radius 1 is 1.29 bits per heavy atom. The summed E-state index contributed by atoms with van der Waals surface area (Å²) in [6.07, 6.45) is 4.56. The van der Waals surface area contributed by atoms with Gasteiger partial charge in [-0.15, -0.1) is 0 Å². The number of amides is 1. The lowest BCUT2D eigenvalue weighted by Gasteiger charge is -2.13. The van der Waals surface area contributed by atoms with Gasteiger partial charge in [-0.05, 0) is 62.8 Å². The third-order valence-electron chi connectivity index (χ3n) is 4.54. The van der Waals surface area contributed by atoms with E-state index in [4.69, 9.17) is 4.74 Å². The van der Waals surface area contributed by atoms with E-state index in [1.54, 1.807) is 13.0 Å². The van der Waals surface area contributed by atoms with Crippen LogP contribution >= 0.6 is 0 Å². The van der Waals surface area contributed by atoms with E-state index in [0.717, 1.165) is 30.2 Å². The summed E-state index contributed by atoms with van der Waals surface area (Å²) in [5, 5.41) is 3.83. The first-order valence-electron chi connectivity index (χ1n) is 8.72. The van der Waals surface area contributed by atoms with E-state index in [1.165, 1.54) is 24.1 Å². The van der Waals surface area contributed by atoms with Gasteiger partial charge in [0.05, 0.1) is 5.56 Å². The first kappa shape index (κ1) is 16.6. The summed E-state index contributed by atoms with van der Waals surface area (Å²) in [5.41, 5.74) is 4.16. The molecule has 1 aromatic heterocycles. The van der Waals surface area contributed by atoms with Crippen LogP contribution in [-0.4, -0.2) is 29.5 Å². The molecule has 0 saturated carbocycles. The fraction of sp³-hybridized carbons (Fsp3) is 0.474. The number of nitrogens with one attached hydrogen (secondary N) is 2. The van der Waals surface area contributed by atoms with Crippen molar-refractivity contribution in [3.63, 3.8) is 0 Å². The lowest BCUT2D eigenvalue weighted by atomic mass is 9.95. The third kappa shape index (κ3) is 3.30. The number of hydrogen-bond donors (Lipinski definition) is 2. The zero-order valence-electron chi connectivity index (χ0n) is 14.3. The second kappa shape index (κ2) is 7.07. The first-order chi connectivity index (χ1) is 11.6. The number of rotatable bonds is 5. The van der Waals surface area contributed by atoms with Crippen molar-refractivity contribution in [2.24, 2.45) is 0 Å². The van der Waals surface area contributed by atoms with Crippen molar-refractivity contribution in [1.29, 1.82) is 0 Å². The minimum absolute atomic E-state index is 0.259. The third-order valence-corrected chi connectivity index (χ3v) is 4.54. The van der Waals surface area contributed by atoms with Crippen molar-refractivity contribution in [2.75, 3.05) is 6.54 Å². The Morgan fingerprint density at radius 2 is 2.08 bits per heavy atom. The summed E-state index contributed by atoms with van der Waals surface area (Å²) in [4.78, 5) is 27.6. The van der Waals surface area contributed by atoms with Gasteiger partial charge in [-0.1, -0.05) is 6.92 Å². The van der Waals surface area contributed by atoms with Gasteiger partial charge in [-0.2, -0.15) is 0 Å². The van der Waals surface area contributed by atoms with Crippen molar-refractivity contribution >= 4 is 22.8 Å². The average Bonchev–Trinajstić information content (AvgIpc) is 2.97. The van der Waals surface area contributed by atoms with Crippen LogP contribution in [0.5, 0.6) is 0 Å². The Kier molecular flexibility index (Phi) is 4.88. The van der Waals surface area contributed by atoms with Crippen LogP contribution in [-0.2, 0) is 22.4 Å². The van der Waals surface area contributed by atoms with Gasteiger partial charge in [0.25, 0.3) is 5.91 Å². The summed E-state index contributed by atoms with van der Waals surface area (Å²) in [6.45, 7) is 4.16. The number of ether oxygens (including phenoxy) is 1. The van der Waals surface area contributed by atoms with Crippen LogP contribution < -0.4 is 5.32 Å². The normalized spacial score (nSPS) is 14.9. The molecule has 3 rings (SSSR count). The highest BCUT2D eigenvalue weighted by atomic mass is 16.5. The number of aromatic amines is 1. The van der Waals surface area contributed by atoms with Crippen LogP contribution in [0.25, 0.3) is 10.9 Å². The predicted octanol–water partition coefficient (Wildman–Crippen LogP) is 3.12. The Labute approximate surface area is 141 Å². The van der Waals surface area contributed by atoms with Crippen molar-refractivity contribution < 1.29 is 14.3 Å². The quantitative estimate of drug-likeness (QED) is 0.829. The first-order valence-corrected chi connectivity index (χ1v) is 8.72. The van der Waals surface area contributed by atoms with E-state index in [9.17, 15) is 9.59 Å². The molecular weight excluding hydrogens is 304 g/mol. The summed E-state index contributed by atoms with van der Waals surface area (Å²) in [7, 11) is 0. The highest BCUT2D eigenvalue weighted by Gasteiger charge is 2.20. The number of benzene rings is 1. The molecule has 0 unspecified atom stereocenters. The van der Waals surface area contributed by atoms with Gasteiger partial charge in [-0.25, -0.2) is 4.79 Å². The lowest BCUT2D eigenvalue weighted by Crippen LogP contribution is -2.36. The monoisotopic (exact) mass is 328 g/mol. The Balaban J connectivity index is 1.76. The highest BCUT2D eigenvalue weighted by molar-refractivity contribution is 5.97. The molecule has 0 saturated heterocycles. The highest BCUT2D eigenvalue weighted by Crippen LogP contribution is 2.29. The molecule has 2 N–H and O–H groups in total. The van der Waals surface area contributed by atoms with Gasteiger partial charge >= 0.3 is 5.97 Å². The van der Waals surface area contributed by atoms with Gasteiger partial charge in [0.15, 0.2) is 6.10 Å². The second-order valence-corrected chi connectivity index (χ2v) is 6.39. The molecule has 0 aliphatic heterocycles. The Morgan fingerprint density at radius 3 is 2.88 bits per heavy atom. The van der Waals surface area contributed by atoms with Gasteiger partial charge in [0.2, 0.25) is 0 Å². The zero-order chi connectivity index (χ0) is 17.1. The van der Waals surface area contributed by atoms with Crippen LogP contribution in [0, 0.1) is 0 Å². The number of fused-ring (bicyclic) bond motifs is 3. The summed E-state index contributed by atoms with van der Waals surface area (Å²) < 4.78 is 5.30. The van der Waals surface area contributed by atoms with E-state index in [-0.39, 0.29) is 5.91 Å². The number of aromatic nitrogens is 1. The van der Waals surface area contributed by atoms with Crippen LogP contribution in [0.15, 0.2) is 18.2 Å². The van der Waals surface area contributed by atoms with Crippen LogP contribution in [0.1, 0.15) is 54.7 Å². The number of carbonyl (C=O) groups is 2. The van der Waals surface area contributed by atoms with E-state index >= 15 is 0 Å². The minimum Gasteiger partial charge on any atom is -0.449 e. The van der Waals surface area contributed by atoms with Crippen molar-refractivity contribution in [3.05, 3.63) is 35.0 Å². The molecule has 1 heterocycles. The van der Waals surface area contributed by atoms with Crippen LogP contribution in [0.2, 0.25) is 0 Å². The van der Waals surface area contributed by atoms with Crippen molar-refractivity contribution in [2.45, 2.75) is 52.1 Å². The number of H-pyrrole nitrogens is 1. The molecule has 1 amide bonds. The number of aryl methyl sites for hydroxylation is 2. The van der Waals surface area contributed by atoms with E-state index < -0.39 is 12.1 Å². The lowest BCUT2D eigenvalue weighted by molar-refractivity contribution is -0.129. The summed E-state index contributed by atoms with van der Waals surface area (Å²) in [6, 6.07) is 5.56. The van der Waals surface area contributed by atoms with Crippen molar-refractivity contribution in [1.82, 2.24) is 10.3 Å². The Hall–Kier alpha value is -2.30. The van der Waals surface area contributed by atoms with Crippen LogP contribution in [0.3, 0.4) is 0 Å². The molecule has 0 fully saturated rings. The number of esters is 1. The minimum atomic E-state index is -0.792. The maximum Gasteiger partial charge on any atom is 0.338 e. The van der Waals surface area contributed by atoms with E-state index in [0.29, 0.717) is 12.1 Å². The predicted molar refractivity (Wildman–Crippen MR) is 93.1 cm³/mol. The molecule has 1 aliphatic carbocycles. The van der Waals surface area contributed by atoms with Gasteiger partial charge in [0, 0.05) is 23.1 Å². The molecule has 0 bridgehead atoms. The molecule has 0 radical (unpaired) electrons. The smallest absolute Gasteiger partial charge is 0.338 e. The maximum absolute atomic E-state index is 12.4. The maximum atomic E-state index is 12.4. The van der Waals surface area contributed by atoms with Gasteiger partial charge in [0.1, 0.15) is 0 Å². The molecule has 1 aromatic carbocycles. The largest absolute Gasteiger partial charge is 0.449 e. The van der Waals surface area contributed by atoms with Gasteiger partial charge < -0.3 is 15.0 Å². The zero-order valence-corrected chi connectivity index (χ0v) is 14.3. The standard InChI is InChI=1S/C19H24N2O3/c1-3-10-20-18(22)12(2)24-19(23)13-8-9-17-15(11-13)14-6-4-5-7-16(14)21-17/h8-9,11-12,21H,3-7,10H2,1-2H3,(H,20,22)/t12-/m1/s1. The van der Waals surface area contributed by atoms with E-state index in [2.05, 4.69) is 10.3 Å². The Bertz CT molecular complexity index is 763. The second-order valence-electron chi connectivity index (χ2n) is 6.39.